The van der Waals surface area contributed by atoms with Crippen LogP contribution in [0.25, 0.3) is 0 Å². The summed E-state index contributed by atoms with van der Waals surface area (Å²) in [5.74, 6) is 1.74. The highest BCUT2D eigenvalue weighted by molar-refractivity contribution is 5.05. The fraction of sp³-hybridized carbons (Fsp3) is 0.786. The Bertz CT molecular complexity index is 358. The van der Waals surface area contributed by atoms with Crippen LogP contribution in [0.5, 0.6) is 0 Å². The van der Waals surface area contributed by atoms with Crippen molar-refractivity contribution in [3.05, 3.63) is 18.0 Å². The SMILES string of the molecule is CC(NC1CCC(C)C(C)C1)c1ccnn1C. The molecule has 1 saturated carbocycles. The van der Waals surface area contributed by atoms with Gasteiger partial charge in [0.1, 0.15) is 0 Å². The van der Waals surface area contributed by atoms with Crippen LogP contribution < -0.4 is 5.32 Å². The van der Waals surface area contributed by atoms with E-state index >= 15 is 0 Å². The molecule has 1 aliphatic carbocycles. The number of hydrogen-bond donors (Lipinski definition) is 1. The quantitative estimate of drug-likeness (QED) is 0.873. The third-order valence-corrected chi connectivity index (χ3v) is 4.39. The van der Waals surface area contributed by atoms with E-state index < -0.39 is 0 Å². The van der Waals surface area contributed by atoms with Gasteiger partial charge in [0.15, 0.2) is 0 Å². The number of hydrogen-bond acceptors (Lipinski definition) is 2. The Morgan fingerprint density at radius 3 is 2.71 bits per heavy atom. The summed E-state index contributed by atoms with van der Waals surface area (Å²) < 4.78 is 1.96. The van der Waals surface area contributed by atoms with Crippen molar-refractivity contribution >= 4 is 0 Å². The van der Waals surface area contributed by atoms with Crippen molar-refractivity contribution in [2.24, 2.45) is 18.9 Å². The number of rotatable bonds is 3. The van der Waals surface area contributed by atoms with Gasteiger partial charge in [0.25, 0.3) is 0 Å². The van der Waals surface area contributed by atoms with E-state index in [1.54, 1.807) is 0 Å². The standard InChI is InChI=1S/C14H25N3/c1-10-5-6-13(9-11(10)2)16-12(3)14-7-8-15-17(14)4/h7-8,10-13,16H,5-6,9H2,1-4H3. The predicted octanol–water partition coefficient (Wildman–Crippen LogP) is 2.90. The molecule has 1 heterocycles. The molecule has 1 N–H and O–H groups in total. The van der Waals surface area contributed by atoms with E-state index in [1.165, 1.54) is 25.0 Å². The molecule has 17 heavy (non-hydrogen) atoms. The van der Waals surface area contributed by atoms with Crippen molar-refractivity contribution in [1.29, 1.82) is 0 Å². The highest BCUT2D eigenvalue weighted by Crippen LogP contribution is 2.30. The Hall–Kier alpha value is -0.830. The molecular formula is C14H25N3. The van der Waals surface area contributed by atoms with Crippen molar-refractivity contribution in [3.8, 4) is 0 Å². The number of aromatic nitrogens is 2. The molecule has 2 rings (SSSR count). The Morgan fingerprint density at radius 2 is 2.12 bits per heavy atom. The van der Waals surface area contributed by atoms with Crippen LogP contribution in [0.4, 0.5) is 0 Å². The highest BCUT2D eigenvalue weighted by atomic mass is 15.3. The molecule has 0 amide bonds. The van der Waals surface area contributed by atoms with Crippen molar-refractivity contribution in [2.75, 3.05) is 0 Å². The minimum atomic E-state index is 0.396. The van der Waals surface area contributed by atoms with E-state index in [4.69, 9.17) is 0 Å². The lowest BCUT2D eigenvalue weighted by Crippen LogP contribution is -2.38. The van der Waals surface area contributed by atoms with Gasteiger partial charge in [-0.05, 0) is 44.1 Å². The highest BCUT2D eigenvalue weighted by Gasteiger charge is 2.25. The molecule has 0 radical (unpaired) electrons. The van der Waals surface area contributed by atoms with Gasteiger partial charge in [0.05, 0.1) is 5.69 Å². The zero-order valence-electron chi connectivity index (χ0n) is 11.5. The van der Waals surface area contributed by atoms with Crippen LogP contribution in [0.15, 0.2) is 12.3 Å². The third-order valence-electron chi connectivity index (χ3n) is 4.39. The number of nitrogens with zero attached hydrogens (tertiary/aromatic N) is 2. The summed E-state index contributed by atoms with van der Waals surface area (Å²) in [6.07, 6.45) is 5.85. The summed E-state index contributed by atoms with van der Waals surface area (Å²) in [5, 5.41) is 7.99. The summed E-state index contributed by atoms with van der Waals surface area (Å²) in [4.78, 5) is 0. The second-order valence-corrected chi connectivity index (χ2v) is 5.73. The first-order valence-electron chi connectivity index (χ1n) is 6.82. The second kappa shape index (κ2) is 5.21. The number of nitrogens with one attached hydrogen (secondary N) is 1. The Morgan fingerprint density at radius 1 is 1.35 bits per heavy atom. The summed E-state index contributed by atoms with van der Waals surface area (Å²) in [7, 11) is 2.01. The molecule has 1 aromatic rings. The molecule has 4 unspecified atom stereocenters. The molecule has 3 nitrogen and oxygen atoms in total. The van der Waals surface area contributed by atoms with Gasteiger partial charge in [-0.1, -0.05) is 13.8 Å². The summed E-state index contributed by atoms with van der Waals surface area (Å²) >= 11 is 0. The molecule has 1 fully saturated rings. The lowest BCUT2D eigenvalue weighted by Gasteiger charge is -2.34. The van der Waals surface area contributed by atoms with E-state index in [-0.39, 0.29) is 0 Å². The van der Waals surface area contributed by atoms with Crippen LogP contribution in [-0.2, 0) is 7.05 Å². The van der Waals surface area contributed by atoms with Gasteiger partial charge in [0, 0.05) is 25.3 Å². The summed E-state index contributed by atoms with van der Waals surface area (Å²) in [5.41, 5.74) is 1.27. The van der Waals surface area contributed by atoms with Crippen molar-refractivity contribution in [2.45, 2.75) is 52.1 Å². The van der Waals surface area contributed by atoms with E-state index in [9.17, 15) is 0 Å². The zero-order chi connectivity index (χ0) is 12.4. The van der Waals surface area contributed by atoms with E-state index in [2.05, 4.69) is 37.3 Å². The van der Waals surface area contributed by atoms with Crippen LogP contribution in [0.1, 0.15) is 51.8 Å². The monoisotopic (exact) mass is 235 g/mol. The minimum Gasteiger partial charge on any atom is -0.306 e. The van der Waals surface area contributed by atoms with Gasteiger partial charge in [0.2, 0.25) is 0 Å². The second-order valence-electron chi connectivity index (χ2n) is 5.73. The molecule has 0 spiro atoms. The maximum Gasteiger partial charge on any atom is 0.0547 e. The lowest BCUT2D eigenvalue weighted by molar-refractivity contribution is 0.216. The first kappa shape index (κ1) is 12.6. The van der Waals surface area contributed by atoms with Crippen LogP contribution >= 0.6 is 0 Å². The molecule has 0 aromatic carbocycles. The first-order chi connectivity index (χ1) is 8.08. The minimum absolute atomic E-state index is 0.396. The largest absolute Gasteiger partial charge is 0.306 e. The van der Waals surface area contributed by atoms with Crippen LogP contribution in [0.3, 0.4) is 0 Å². The Labute approximate surface area is 105 Å². The topological polar surface area (TPSA) is 29.9 Å². The fourth-order valence-corrected chi connectivity index (χ4v) is 2.95. The molecular weight excluding hydrogens is 210 g/mol. The fourth-order valence-electron chi connectivity index (χ4n) is 2.95. The molecule has 0 bridgehead atoms. The lowest BCUT2D eigenvalue weighted by atomic mass is 9.79. The van der Waals surface area contributed by atoms with Gasteiger partial charge in [-0.25, -0.2) is 0 Å². The Kier molecular flexibility index (Phi) is 3.87. The van der Waals surface area contributed by atoms with Crippen molar-refractivity contribution < 1.29 is 0 Å². The predicted molar refractivity (Wildman–Crippen MR) is 70.7 cm³/mol. The molecule has 0 aliphatic heterocycles. The van der Waals surface area contributed by atoms with Crippen molar-refractivity contribution in [3.63, 3.8) is 0 Å². The summed E-state index contributed by atoms with van der Waals surface area (Å²) in [6.45, 7) is 7.00. The normalized spacial score (nSPS) is 31.4. The van der Waals surface area contributed by atoms with E-state index in [0.29, 0.717) is 12.1 Å². The smallest absolute Gasteiger partial charge is 0.0547 e. The van der Waals surface area contributed by atoms with Gasteiger partial charge in [-0.15, -0.1) is 0 Å². The van der Waals surface area contributed by atoms with Gasteiger partial charge in [-0.3, -0.25) is 4.68 Å². The average molecular weight is 235 g/mol. The zero-order valence-corrected chi connectivity index (χ0v) is 11.5. The van der Waals surface area contributed by atoms with Crippen LogP contribution in [0, 0.1) is 11.8 Å². The van der Waals surface area contributed by atoms with Crippen LogP contribution in [0.2, 0.25) is 0 Å². The van der Waals surface area contributed by atoms with Gasteiger partial charge < -0.3 is 5.32 Å². The maximum absolute atomic E-state index is 4.23. The van der Waals surface area contributed by atoms with Crippen LogP contribution in [-0.4, -0.2) is 15.8 Å². The molecule has 3 heteroatoms. The molecule has 1 aromatic heterocycles. The number of aryl methyl sites for hydroxylation is 1. The average Bonchev–Trinajstić information content (AvgIpc) is 2.70. The van der Waals surface area contributed by atoms with Crippen molar-refractivity contribution in [1.82, 2.24) is 15.1 Å². The maximum atomic E-state index is 4.23. The molecule has 0 saturated heterocycles. The molecule has 96 valence electrons. The van der Waals surface area contributed by atoms with E-state index in [0.717, 1.165) is 11.8 Å². The van der Waals surface area contributed by atoms with Gasteiger partial charge in [-0.2, -0.15) is 5.10 Å². The van der Waals surface area contributed by atoms with E-state index in [1.807, 2.05) is 17.9 Å². The first-order valence-corrected chi connectivity index (χ1v) is 6.82. The molecule has 4 atom stereocenters. The third kappa shape index (κ3) is 2.89. The van der Waals surface area contributed by atoms with Gasteiger partial charge >= 0.3 is 0 Å². The Balaban J connectivity index is 1.91. The summed E-state index contributed by atoms with van der Waals surface area (Å²) in [6, 6.07) is 3.17. The molecule has 1 aliphatic rings.